The van der Waals surface area contributed by atoms with Gasteiger partial charge in [0.2, 0.25) is 0 Å². The van der Waals surface area contributed by atoms with Crippen LogP contribution in [-0.2, 0) is 30.4 Å². The van der Waals surface area contributed by atoms with Gasteiger partial charge in [0.25, 0.3) is 0 Å². The first-order valence-electron chi connectivity index (χ1n) is 8.84. The molecule has 0 aliphatic carbocycles. The minimum atomic E-state index is -0.870. The Labute approximate surface area is 159 Å². The van der Waals surface area contributed by atoms with Gasteiger partial charge in [0.1, 0.15) is 19.3 Å². The van der Waals surface area contributed by atoms with Crippen molar-refractivity contribution in [3.8, 4) is 0 Å². The first kappa shape index (κ1) is 22.2. The fraction of sp³-hybridized carbons (Fsp3) is 0.450. The maximum Gasteiger partial charge on any atom is 0.408 e. The van der Waals surface area contributed by atoms with E-state index in [0.29, 0.717) is 6.42 Å². The molecule has 0 aromatic heterocycles. The summed E-state index contributed by atoms with van der Waals surface area (Å²) < 4.78 is 15.1. The van der Waals surface area contributed by atoms with E-state index in [4.69, 9.17) is 14.2 Å². The number of hydrogen-bond donors (Lipinski definition) is 1. The molecule has 1 aromatic rings. The zero-order valence-electron chi connectivity index (χ0n) is 15.8. The molecule has 0 spiro atoms. The molecule has 148 valence electrons. The van der Waals surface area contributed by atoms with Crippen molar-refractivity contribution in [1.29, 1.82) is 0 Å². The highest BCUT2D eigenvalue weighted by atomic mass is 16.6. The number of rotatable bonds is 11. The van der Waals surface area contributed by atoms with E-state index in [1.165, 1.54) is 0 Å². The monoisotopic (exact) mass is 377 g/mol. The molecule has 1 aromatic carbocycles. The molecular weight excluding hydrogens is 350 g/mol. The second kappa shape index (κ2) is 12.5. The molecule has 0 heterocycles. The molecule has 7 nitrogen and oxygen atoms in total. The van der Waals surface area contributed by atoms with Crippen LogP contribution in [0, 0.1) is 5.92 Å². The van der Waals surface area contributed by atoms with Crippen LogP contribution >= 0.6 is 0 Å². The Balaban J connectivity index is 2.38. The molecule has 0 aliphatic heterocycles. The van der Waals surface area contributed by atoms with Gasteiger partial charge in [-0.15, -0.1) is 6.58 Å². The van der Waals surface area contributed by atoms with Crippen LogP contribution in [0.4, 0.5) is 4.79 Å². The van der Waals surface area contributed by atoms with E-state index in [1.807, 2.05) is 30.3 Å². The van der Waals surface area contributed by atoms with E-state index in [2.05, 4.69) is 11.9 Å². The lowest BCUT2D eigenvalue weighted by Crippen LogP contribution is -2.45. The number of hydrogen-bond acceptors (Lipinski definition) is 6. The van der Waals surface area contributed by atoms with E-state index in [1.54, 1.807) is 19.9 Å². The molecule has 0 saturated carbocycles. The average Bonchev–Trinajstić information content (AvgIpc) is 2.65. The van der Waals surface area contributed by atoms with E-state index in [9.17, 15) is 14.4 Å². The Bertz CT molecular complexity index is 614. The molecule has 0 unspecified atom stereocenters. The Hall–Kier alpha value is -2.83. The Morgan fingerprint density at radius 2 is 1.78 bits per heavy atom. The molecule has 0 saturated heterocycles. The quantitative estimate of drug-likeness (QED) is 0.276. The lowest BCUT2D eigenvalue weighted by atomic mass is 10.1. The third-order valence-electron chi connectivity index (χ3n) is 3.54. The third kappa shape index (κ3) is 9.44. The second-order valence-electron chi connectivity index (χ2n) is 6.14. The first-order chi connectivity index (χ1) is 12.9. The zero-order valence-corrected chi connectivity index (χ0v) is 15.8. The number of esters is 2. The number of carbonyl (C=O) groups is 3. The molecule has 1 N–H and O–H groups in total. The number of nitrogens with one attached hydrogen (secondary N) is 1. The summed E-state index contributed by atoms with van der Waals surface area (Å²) in [6, 6.07) is 8.33. The molecular formula is C20H27NO6. The molecule has 7 heteroatoms. The Kier molecular flexibility index (Phi) is 10.3. The average molecular weight is 377 g/mol. The van der Waals surface area contributed by atoms with Gasteiger partial charge in [-0.25, -0.2) is 9.59 Å². The molecule has 1 rings (SSSR count). The fourth-order valence-electron chi connectivity index (χ4n) is 2.04. The van der Waals surface area contributed by atoms with Crippen LogP contribution in [0.2, 0.25) is 0 Å². The predicted molar refractivity (Wildman–Crippen MR) is 99.7 cm³/mol. The van der Waals surface area contributed by atoms with Gasteiger partial charge in [-0.1, -0.05) is 50.3 Å². The minimum Gasteiger partial charge on any atom is -0.465 e. The summed E-state index contributed by atoms with van der Waals surface area (Å²) in [7, 11) is 0. The minimum absolute atomic E-state index is 0.0495. The third-order valence-corrected chi connectivity index (χ3v) is 3.54. The lowest BCUT2D eigenvalue weighted by Gasteiger charge is -2.20. The summed E-state index contributed by atoms with van der Waals surface area (Å²) in [5, 5.41) is 2.50. The van der Waals surface area contributed by atoms with E-state index >= 15 is 0 Å². The van der Waals surface area contributed by atoms with Crippen LogP contribution in [0.1, 0.15) is 32.3 Å². The molecule has 0 fully saturated rings. The molecule has 0 radical (unpaired) electrons. The number of benzene rings is 1. The first-order valence-corrected chi connectivity index (χ1v) is 8.84. The van der Waals surface area contributed by atoms with E-state index in [0.717, 1.165) is 5.56 Å². The van der Waals surface area contributed by atoms with Crippen molar-refractivity contribution in [3.63, 3.8) is 0 Å². The van der Waals surface area contributed by atoms with Crippen LogP contribution in [0.5, 0.6) is 0 Å². The number of amides is 1. The van der Waals surface area contributed by atoms with Crippen molar-refractivity contribution in [3.05, 3.63) is 48.6 Å². The smallest absolute Gasteiger partial charge is 0.408 e. The largest absolute Gasteiger partial charge is 0.465 e. The van der Waals surface area contributed by atoms with Crippen molar-refractivity contribution >= 4 is 18.0 Å². The normalized spacial score (nSPS) is 11.4. The topological polar surface area (TPSA) is 90.9 Å². The fourth-order valence-corrected chi connectivity index (χ4v) is 2.04. The standard InChI is InChI=1S/C20H27NO6/c1-4-5-12-25-17(22)11-13-26-19(23)18(15(2)3)21-20(24)27-14-16-9-7-6-8-10-16/h4,6-10,15,18H,1,5,11-14H2,2-3H3,(H,21,24)/t18-/m0/s1. The van der Waals surface area contributed by atoms with E-state index < -0.39 is 24.1 Å². The molecule has 0 aliphatic rings. The van der Waals surface area contributed by atoms with Crippen molar-refractivity contribution in [2.45, 2.75) is 39.3 Å². The lowest BCUT2D eigenvalue weighted by molar-refractivity contribution is -0.151. The summed E-state index contributed by atoms with van der Waals surface area (Å²) in [6.45, 7) is 7.30. The van der Waals surface area contributed by atoms with Crippen LogP contribution in [-0.4, -0.2) is 37.3 Å². The SMILES string of the molecule is C=CCCOC(=O)CCOC(=O)[C@@H](NC(=O)OCc1ccccc1)C(C)C. The Morgan fingerprint density at radius 3 is 2.41 bits per heavy atom. The Morgan fingerprint density at radius 1 is 1.07 bits per heavy atom. The summed E-state index contributed by atoms with van der Waals surface area (Å²) in [5.74, 6) is -1.29. The maximum absolute atomic E-state index is 12.2. The maximum atomic E-state index is 12.2. The van der Waals surface area contributed by atoms with Gasteiger partial charge in [0.15, 0.2) is 0 Å². The van der Waals surface area contributed by atoms with Gasteiger partial charge in [-0.2, -0.15) is 0 Å². The predicted octanol–water partition coefficient (Wildman–Crippen LogP) is 2.99. The van der Waals surface area contributed by atoms with Gasteiger partial charge in [-0.05, 0) is 17.9 Å². The van der Waals surface area contributed by atoms with Crippen molar-refractivity contribution in [1.82, 2.24) is 5.32 Å². The van der Waals surface area contributed by atoms with Crippen LogP contribution in [0.3, 0.4) is 0 Å². The number of carbonyl (C=O) groups excluding carboxylic acids is 3. The summed E-state index contributed by atoms with van der Waals surface area (Å²) in [5.41, 5.74) is 0.839. The van der Waals surface area contributed by atoms with Crippen molar-refractivity contribution < 1.29 is 28.6 Å². The van der Waals surface area contributed by atoms with Gasteiger partial charge in [0.05, 0.1) is 13.0 Å². The highest BCUT2D eigenvalue weighted by molar-refractivity contribution is 5.81. The summed E-state index contributed by atoms with van der Waals surface area (Å²) in [4.78, 5) is 35.6. The number of ether oxygens (including phenoxy) is 3. The van der Waals surface area contributed by atoms with Crippen LogP contribution < -0.4 is 5.32 Å². The van der Waals surface area contributed by atoms with Gasteiger partial charge >= 0.3 is 18.0 Å². The molecule has 0 bridgehead atoms. The van der Waals surface area contributed by atoms with Crippen LogP contribution in [0.15, 0.2) is 43.0 Å². The molecule has 27 heavy (non-hydrogen) atoms. The van der Waals surface area contributed by atoms with Crippen molar-refractivity contribution in [2.75, 3.05) is 13.2 Å². The van der Waals surface area contributed by atoms with Gasteiger partial charge < -0.3 is 19.5 Å². The second-order valence-corrected chi connectivity index (χ2v) is 6.14. The van der Waals surface area contributed by atoms with Gasteiger partial charge in [-0.3, -0.25) is 4.79 Å². The summed E-state index contributed by atoms with van der Waals surface area (Å²) >= 11 is 0. The summed E-state index contributed by atoms with van der Waals surface area (Å²) in [6.07, 6.45) is 1.45. The highest BCUT2D eigenvalue weighted by Gasteiger charge is 2.26. The zero-order chi connectivity index (χ0) is 20.1. The van der Waals surface area contributed by atoms with E-state index in [-0.39, 0.29) is 32.2 Å². The molecule has 1 amide bonds. The van der Waals surface area contributed by atoms with Gasteiger partial charge in [0, 0.05) is 0 Å². The van der Waals surface area contributed by atoms with Crippen molar-refractivity contribution in [2.24, 2.45) is 5.92 Å². The molecule has 1 atom stereocenters. The highest BCUT2D eigenvalue weighted by Crippen LogP contribution is 2.06. The number of alkyl carbamates (subject to hydrolysis) is 1. The van der Waals surface area contributed by atoms with Crippen LogP contribution in [0.25, 0.3) is 0 Å².